The average Bonchev–Trinajstić information content (AvgIpc) is 2.69. The smallest absolute Gasteiger partial charge is 0.217 e. The molecule has 0 saturated carbocycles. The summed E-state index contributed by atoms with van der Waals surface area (Å²) in [6.45, 7) is 8.24. The molecule has 0 bridgehead atoms. The first kappa shape index (κ1) is 27.4. The Hall–Kier alpha value is -0.570. The third-order valence-corrected chi connectivity index (χ3v) is 6.04. The predicted molar refractivity (Wildman–Crippen MR) is 125 cm³/mol. The van der Waals surface area contributed by atoms with Crippen molar-refractivity contribution in [2.45, 2.75) is 136 Å². The topological polar surface area (TPSA) is 46.3 Å². The Morgan fingerprint density at radius 3 is 1.11 bits per heavy atom. The minimum Gasteiger partial charge on any atom is -0.370 e. The Balaban J connectivity index is 3.06. The summed E-state index contributed by atoms with van der Waals surface area (Å²) in [6.07, 6.45) is 25.3. The average molecular weight is 397 g/mol. The molecule has 0 spiro atoms. The molecule has 0 heterocycles. The second-order valence-electron chi connectivity index (χ2n) is 8.61. The van der Waals surface area contributed by atoms with E-state index in [1.165, 1.54) is 129 Å². The fraction of sp³-hybridized carbons (Fsp3) is 0.960. The number of amides is 1. The van der Waals surface area contributed by atoms with Gasteiger partial charge in [-0.2, -0.15) is 0 Å². The van der Waals surface area contributed by atoms with E-state index in [1.54, 1.807) is 0 Å². The van der Waals surface area contributed by atoms with Gasteiger partial charge >= 0.3 is 0 Å². The Morgan fingerprint density at radius 2 is 0.821 bits per heavy atom. The van der Waals surface area contributed by atoms with Crippen LogP contribution in [0.5, 0.6) is 0 Å². The zero-order valence-electron chi connectivity index (χ0n) is 19.5. The van der Waals surface area contributed by atoms with E-state index in [4.69, 9.17) is 5.73 Å². The largest absolute Gasteiger partial charge is 0.370 e. The molecule has 0 aromatic carbocycles. The van der Waals surface area contributed by atoms with Crippen LogP contribution in [0.15, 0.2) is 0 Å². The highest BCUT2D eigenvalue weighted by Gasteiger charge is 1.99. The number of primary amides is 1. The molecule has 0 atom stereocenters. The fourth-order valence-electron chi connectivity index (χ4n) is 4.00. The number of carbonyl (C=O) groups excluding carboxylic acids is 1. The van der Waals surface area contributed by atoms with Crippen LogP contribution in [0.2, 0.25) is 0 Å². The van der Waals surface area contributed by atoms with Gasteiger partial charge < -0.3 is 10.6 Å². The number of nitrogens with zero attached hydrogens (tertiary/aromatic N) is 1. The van der Waals surface area contributed by atoms with Gasteiger partial charge in [0.25, 0.3) is 0 Å². The van der Waals surface area contributed by atoms with E-state index in [9.17, 15) is 4.79 Å². The normalized spacial score (nSPS) is 11.4. The van der Waals surface area contributed by atoms with Crippen LogP contribution in [0.25, 0.3) is 0 Å². The SMILES string of the molecule is CCN(CC)CCCCCCCCCCCCCCCCCCCCC(N)=O. The second-order valence-corrected chi connectivity index (χ2v) is 8.61. The van der Waals surface area contributed by atoms with Crippen LogP contribution >= 0.6 is 0 Å². The van der Waals surface area contributed by atoms with Gasteiger partial charge in [-0.25, -0.2) is 0 Å². The first-order valence-corrected chi connectivity index (χ1v) is 12.7. The summed E-state index contributed by atoms with van der Waals surface area (Å²) in [7, 11) is 0. The lowest BCUT2D eigenvalue weighted by Crippen LogP contribution is -2.23. The Morgan fingerprint density at radius 1 is 0.536 bits per heavy atom. The van der Waals surface area contributed by atoms with E-state index in [-0.39, 0.29) is 5.91 Å². The molecule has 0 aromatic heterocycles. The van der Waals surface area contributed by atoms with Gasteiger partial charge in [-0.1, -0.05) is 117 Å². The first-order chi connectivity index (χ1) is 13.7. The number of nitrogens with two attached hydrogens (primary N) is 1. The summed E-state index contributed by atoms with van der Waals surface area (Å²) in [5.41, 5.74) is 5.15. The lowest BCUT2D eigenvalue weighted by atomic mass is 10.0. The molecule has 28 heavy (non-hydrogen) atoms. The van der Waals surface area contributed by atoms with E-state index in [2.05, 4.69) is 18.7 Å². The Bertz CT molecular complexity index is 316. The van der Waals surface area contributed by atoms with Crippen LogP contribution < -0.4 is 5.73 Å². The summed E-state index contributed by atoms with van der Waals surface area (Å²) in [5.74, 6) is -0.151. The molecule has 2 N–H and O–H groups in total. The minimum atomic E-state index is -0.151. The Kier molecular flexibility index (Phi) is 22.3. The highest BCUT2D eigenvalue weighted by molar-refractivity contribution is 5.73. The summed E-state index contributed by atoms with van der Waals surface area (Å²) in [5, 5.41) is 0. The lowest BCUT2D eigenvalue weighted by Gasteiger charge is -2.17. The monoisotopic (exact) mass is 396 g/mol. The third kappa shape index (κ3) is 21.7. The van der Waals surface area contributed by atoms with Crippen molar-refractivity contribution in [1.82, 2.24) is 4.90 Å². The number of hydrogen-bond acceptors (Lipinski definition) is 2. The summed E-state index contributed by atoms with van der Waals surface area (Å²) >= 11 is 0. The van der Waals surface area contributed by atoms with Crippen molar-refractivity contribution in [3.63, 3.8) is 0 Å². The van der Waals surface area contributed by atoms with Crippen molar-refractivity contribution in [1.29, 1.82) is 0 Å². The van der Waals surface area contributed by atoms with Crippen LogP contribution in [0.4, 0.5) is 0 Å². The maximum absolute atomic E-state index is 10.6. The van der Waals surface area contributed by atoms with E-state index in [0.717, 1.165) is 6.42 Å². The van der Waals surface area contributed by atoms with Gasteiger partial charge in [-0.05, 0) is 32.5 Å². The van der Waals surface area contributed by atoms with Crippen molar-refractivity contribution < 1.29 is 4.79 Å². The van der Waals surface area contributed by atoms with Crippen LogP contribution in [-0.4, -0.2) is 30.4 Å². The zero-order chi connectivity index (χ0) is 20.7. The number of carbonyl (C=O) groups is 1. The van der Waals surface area contributed by atoms with Gasteiger partial charge in [0.2, 0.25) is 5.91 Å². The summed E-state index contributed by atoms with van der Waals surface area (Å²) in [4.78, 5) is 13.2. The zero-order valence-corrected chi connectivity index (χ0v) is 19.5. The highest BCUT2D eigenvalue weighted by Crippen LogP contribution is 2.14. The van der Waals surface area contributed by atoms with Crippen molar-refractivity contribution in [3.05, 3.63) is 0 Å². The fourth-order valence-corrected chi connectivity index (χ4v) is 4.00. The molecule has 0 saturated heterocycles. The van der Waals surface area contributed by atoms with Crippen LogP contribution in [0.3, 0.4) is 0 Å². The van der Waals surface area contributed by atoms with Gasteiger partial charge in [-0.3, -0.25) is 4.79 Å². The lowest BCUT2D eigenvalue weighted by molar-refractivity contribution is -0.118. The van der Waals surface area contributed by atoms with Crippen LogP contribution in [-0.2, 0) is 4.79 Å². The molecule has 0 rings (SSSR count). The minimum absolute atomic E-state index is 0.151. The molecule has 0 radical (unpaired) electrons. The van der Waals surface area contributed by atoms with Crippen LogP contribution in [0, 0.1) is 0 Å². The second kappa shape index (κ2) is 22.7. The van der Waals surface area contributed by atoms with Crippen molar-refractivity contribution in [3.8, 4) is 0 Å². The maximum Gasteiger partial charge on any atom is 0.217 e. The molecule has 3 heteroatoms. The van der Waals surface area contributed by atoms with Crippen molar-refractivity contribution >= 4 is 5.91 Å². The summed E-state index contributed by atoms with van der Waals surface area (Å²) < 4.78 is 0. The standard InChI is InChI=1S/C25H52N2O/c1-3-27(4-2)24-22-20-18-16-14-12-10-8-6-5-7-9-11-13-15-17-19-21-23-25(26)28/h3-24H2,1-2H3,(H2,26,28). The number of rotatable bonds is 23. The molecule has 168 valence electrons. The number of hydrogen-bond donors (Lipinski definition) is 1. The molecule has 0 aliphatic carbocycles. The Labute approximate surface area is 177 Å². The molecule has 3 nitrogen and oxygen atoms in total. The molecule has 1 amide bonds. The van der Waals surface area contributed by atoms with Gasteiger partial charge in [0.05, 0.1) is 0 Å². The van der Waals surface area contributed by atoms with Gasteiger partial charge in [-0.15, -0.1) is 0 Å². The van der Waals surface area contributed by atoms with Crippen molar-refractivity contribution in [2.24, 2.45) is 5.73 Å². The van der Waals surface area contributed by atoms with E-state index >= 15 is 0 Å². The highest BCUT2D eigenvalue weighted by atomic mass is 16.1. The third-order valence-electron chi connectivity index (χ3n) is 6.04. The molecule has 0 aliphatic heterocycles. The van der Waals surface area contributed by atoms with Gasteiger partial charge in [0, 0.05) is 6.42 Å². The first-order valence-electron chi connectivity index (χ1n) is 12.7. The van der Waals surface area contributed by atoms with Crippen LogP contribution in [0.1, 0.15) is 136 Å². The molecule has 0 aromatic rings. The number of unbranched alkanes of at least 4 members (excludes halogenated alkanes) is 17. The molecule has 0 aliphatic rings. The maximum atomic E-state index is 10.6. The van der Waals surface area contributed by atoms with E-state index in [1.807, 2.05) is 0 Å². The molecular weight excluding hydrogens is 344 g/mol. The van der Waals surface area contributed by atoms with Crippen molar-refractivity contribution in [2.75, 3.05) is 19.6 Å². The molecule has 0 fully saturated rings. The summed E-state index contributed by atoms with van der Waals surface area (Å²) in [6, 6.07) is 0. The predicted octanol–water partition coefficient (Wildman–Crippen LogP) is 7.23. The molecule has 0 unspecified atom stereocenters. The quantitative estimate of drug-likeness (QED) is 0.185. The van der Waals surface area contributed by atoms with E-state index < -0.39 is 0 Å². The van der Waals surface area contributed by atoms with E-state index in [0.29, 0.717) is 6.42 Å². The molecular formula is C25H52N2O. The van der Waals surface area contributed by atoms with Gasteiger partial charge in [0.15, 0.2) is 0 Å². The van der Waals surface area contributed by atoms with Gasteiger partial charge in [0.1, 0.15) is 0 Å².